The summed E-state index contributed by atoms with van der Waals surface area (Å²) in [5.41, 5.74) is 12.0. The van der Waals surface area contributed by atoms with Crippen LogP contribution in [0.2, 0.25) is 0 Å². The van der Waals surface area contributed by atoms with Crippen LogP contribution in [-0.2, 0) is 0 Å². The predicted molar refractivity (Wildman–Crippen MR) is 82.7 cm³/mol. The van der Waals surface area contributed by atoms with Gasteiger partial charge in [-0.05, 0) is 36.3 Å². The third-order valence-electron chi connectivity index (χ3n) is 4.09. The molecule has 98 valence electrons. The molecule has 2 aliphatic rings. The molecule has 0 spiro atoms. The van der Waals surface area contributed by atoms with Crippen LogP contribution in [-0.4, -0.2) is 0 Å². The van der Waals surface area contributed by atoms with E-state index in [2.05, 4.69) is 65.6 Å². The minimum absolute atomic E-state index is 0.429. The minimum atomic E-state index is 0.429. The van der Waals surface area contributed by atoms with Crippen molar-refractivity contribution in [1.29, 1.82) is 0 Å². The Morgan fingerprint density at radius 3 is 2.55 bits per heavy atom. The molecule has 0 saturated carbocycles. The van der Waals surface area contributed by atoms with Crippen LogP contribution >= 0.6 is 0 Å². The van der Waals surface area contributed by atoms with Crippen LogP contribution in [0, 0.1) is 0 Å². The Balaban J connectivity index is 1.93. The van der Waals surface area contributed by atoms with E-state index in [1.165, 1.54) is 22.6 Å². The minimum Gasteiger partial charge on any atom is -0.399 e. The van der Waals surface area contributed by atoms with Crippen LogP contribution < -0.4 is 10.6 Å². The molecule has 1 atom stereocenters. The molecule has 1 aliphatic carbocycles. The van der Waals surface area contributed by atoms with Gasteiger partial charge in [0.05, 0.1) is 0 Å². The summed E-state index contributed by atoms with van der Waals surface area (Å²) in [7, 11) is 0. The van der Waals surface area contributed by atoms with E-state index in [0.29, 0.717) is 5.92 Å². The molecule has 2 aromatic carbocycles. The van der Waals surface area contributed by atoms with Gasteiger partial charge in [-0.25, -0.2) is 0 Å². The fraction of sp³-hybridized carbons (Fsp3) is 0.111. The van der Waals surface area contributed by atoms with Gasteiger partial charge >= 0.3 is 0 Å². The summed E-state index contributed by atoms with van der Waals surface area (Å²) >= 11 is 0. The van der Waals surface area contributed by atoms with Crippen molar-refractivity contribution in [3.63, 3.8) is 0 Å². The normalized spacial score (nSPS) is 20.0. The molecule has 2 N–H and O–H groups in total. The highest BCUT2D eigenvalue weighted by molar-refractivity contribution is 5.78. The van der Waals surface area contributed by atoms with E-state index in [1.807, 2.05) is 6.07 Å². The van der Waals surface area contributed by atoms with Gasteiger partial charge < -0.3 is 10.6 Å². The average molecular weight is 260 g/mol. The molecule has 0 saturated heterocycles. The highest BCUT2D eigenvalue weighted by atomic mass is 15.2. The number of hydrogen-bond acceptors (Lipinski definition) is 2. The lowest BCUT2D eigenvalue weighted by Gasteiger charge is -2.25. The van der Waals surface area contributed by atoms with Gasteiger partial charge in [0.1, 0.15) is 0 Å². The number of rotatable bonds is 1. The molecule has 0 fully saturated rings. The van der Waals surface area contributed by atoms with Gasteiger partial charge in [-0.1, -0.05) is 42.5 Å². The van der Waals surface area contributed by atoms with Crippen molar-refractivity contribution in [3.8, 4) is 0 Å². The zero-order chi connectivity index (χ0) is 13.5. The quantitative estimate of drug-likeness (QED) is 0.838. The molecule has 1 heterocycles. The van der Waals surface area contributed by atoms with E-state index in [-0.39, 0.29) is 0 Å². The fourth-order valence-corrected chi connectivity index (χ4v) is 3.20. The van der Waals surface area contributed by atoms with Crippen molar-refractivity contribution in [3.05, 3.63) is 83.7 Å². The van der Waals surface area contributed by atoms with E-state index in [9.17, 15) is 0 Å². The van der Waals surface area contributed by atoms with Crippen molar-refractivity contribution < 1.29 is 0 Å². The Kier molecular flexibility index (Phi) is 2.43. The van der Waals surface area contributed by atoms with Gasteiger partial charge in [0, 0.05) is 28.7 Å². The first-order valence-electron chi connectivity index (χ1n) is 6.96. The van der Waals surface area contributed by atoms with E-state index < -0.39 is 0 Å². The van der Waals surface area contributed by atoms with E-state index in [4.69, 9.17) is 5.73 Å². The van der Waals surface area contributed by atoms with Crippen LogP contribution in [0.5, 0.6) is 0 Å². The Morgan fingerprint density at radius 1 is 0.950 bits per heavy atom. The second-order valence-corrected chi connectivity index (χ2v) is 5.29. The first-order chi connectivity index (χ1) is 9.84. The molecule has 1 aliphatic heterocycles. The maximum Gasteiger partial charge on any atom is 0.0497 e. The Labute approximate surface area is 118 Å². The average Bonchev–Trinajstić information content (AvgIpc) is 2.81. The Hall–Kier alpha value is -2.48. The van der Waals surface area contributed by atoms with Gasteiger partial charge in [-0.2, -0.15) is 0 Å². The van der Waals surface area contributed by atoms with Gasteiger partial charge in [-0.3, -0.25) is 0 Å². The summed E-state index contributed by atoms with van der Waals surface area (Å²) in [6.45, 7) is 0. The number of para-hydroxylation sites is 2. The van der Waals surface area contributed by atoms with Crippen molar-refractivity contribution in [1.82, 2.24) is 0 Å². The molecular weight excluding hydrogens is 244 g/mol. The summed E-state index contributed by atoms with van der Waals surface area (Å²) in [5.74, 6) is 0.429. The Morgan fingerprint density at radius 2 is 1.70 bits per heavy atom. The highest BCUT2D eigenvalue weighted by Crippen LogP contribution is 2.50. The molecule has 2 aromatic rings. The van der Waals surface area contributed by atoms with Crippen LogP contribution in [0.3, 0.4) is 0 Å². The molecule has 0 bridgehead atoms. The molecule has 20 heavy (non-hydrogen) atoms. The van der Waals surface area contributed by atoms with Crippen LogP contribution in [0.15, 0.2) is 78.1 Å². The van der Waals surface area contributed by atoms with Crippen molar-refractivity contribution in [2.45, 2.75) is 12.3 Å². The first-order valence-corrected chi connectivity index (χ1v) is 6.96. The lowest BCUT2D eigenvalue weighted by molar-refractivity contribution is 0.808. The molecule has 4 rings (SSSR count). The zero-order valence-electron chi connectivity index (χ0n) is 11.2. The van der Waals surface area contributed by atoms with E-state index >= 15 is 0 Å². The number of allylic oxidation sites excluding steroid dienone is 3. The van der Waals surface area contributed by atoms with Gasteiger partial charge in [-0.15, -0.1) is 0 Å². The van der Waals surface area contributed by atoms with Crippen molar-refractivity contribution >= 4 is 11.4 Å². The number of anilines is 2. The van der Waals surface area contributed by atoms with Crippen LogP contribution in [0.25, 0.3) is 0 Å². The number of nitrogens with zero attached hydrogens (tertiary/aromatic N) is 1. The lowest BCUT2D eigenvalue weighted by Crippen LogP contribution is -2.17. The number of nitrogens with two attached hydrogens (primary N) is 1. The molecule has 2 heteroatoms. The highest BCUT2D eigenvalue weighted by Gasteiger charge is 2.34. The summed E-state index contributed by atoms with van der Waals surface area (Å²) in [6.07, 6.45) is 5.22. The zero-order valence-corrected chi connectivity index (χ0v) is 11.2. The fourth-order valence-electron chi connectivity index (χ4n) is 3.20. The first kappa shape index (κ1) is 11.4. The number of hydrogen-bond donors (Lipinski definition) is 1. The van der Waals surface area contributed by atoms with Crippen molar-refractivity contribution in [2.24, 2.45) is 5.73 Å². The number of benzene rings is 2. The summed E-state index contributed by atoms with van der Waals surface area (Å²) in [4.78, 5) is 2.33. The maximum absolute atomic E-state index is 6.02. The smallest absolute Gasteiger partial charge is 0.0497 e. The van der Waals surface area contributed by atoms with Gasteiger partial charge in [0.15, 0.2) is 0 Å². The maximum atomic E-state index is 6.02. The molecule has 0 aromatic heterocycles. The standard InChI is InChI=1S/C18H16N2/c19-13-10-11-16-15-8-4-5-9-17(15)20(18(16)12-13)14-6-2-1-3-7-14/h1-10,12,16H,11,19H2. The summed E-state index contributed by atoms with van der Waals surface area (Å²) in [5, 5.41) is 0. The van der Waals surface area contributed by atoms with Crippen LogP contribution in [0.1, 0.15) is 17.9 Å². The molecule has 0 radical (unpaired) electrons. The monoisotopic (exact) mass is 260 g/mol. The molecule has 0 amide bonds. The third kappa shape index (κ3) is 1.58. The van der Waals surface area contributed by atoms with Gasteiger partial charge in [0.2, 0.25) is 0 Å². The largest absolute Gasteiger partial charge is 0.399 e. The Bertz CT molecular complexity index is 713. The predicted octanol–water partition coefficient (Wildman–Crippen LogP) is 4.05. The molecule has 2 nitrogen and oxygen atoms in total. The lowest BCUT2D eigenvalue weighted by atomic mass is 9.91. The van der Waals surface area contributed by atoms with Gasteiger partial charge in [0.25, 0.3) is 0 Å². The number of fused-ring (bicyclic) bond motifs is 3. The topological polar surface area (TPSA) is 29.3 Å². The summed E-state index contributed by atoms with van der Waals surface area (Å²) < 4.78 is 0. The SMILES string of the molecule is NC1=CCC2C(=C1)N(c1ccccc1)c1ccccc12. The van der Waals surface area contributed by atoms with E-state index in [1.54, 1.807) is 0 Å². The summed E-state index contributed by atoms with van der Waals surface area (Å²) in [6, 6.07) is 19.1. The molecular formula is C18H16N2. The second-order valence-electron chi connectivity index (χ2n) is 5.29. The second kappa shape index (κ2) is 4.27. The van der Waals surface area contributed by atoms with Crippen LogP contribution in [0.4, 0.5) is 11.4 Å². The molecule has 1 unspecified atom stereocenters. The third-order valence-corrected chi connectivity index (χ3v) is 4.09. The van der Waals surface area contributed by atoms with E-state index in [0.717, 1.165) is 12.1 Å². The van der Waals surface area contributed by atoms with Crippen molar-refractivity contribution in [2.75, 3.05) is 4.90 Å².